The van der Waals surface area contributed by atoms with Gasteiger partial charge >= 0.3 is 12.0 Å². The van der Waals surface area contributed by atoms with Gasteiger partial charge in [0.05, 0.1) is 17.8 Å². The maximum absolute atomic E-state index is 12.8. The van der Waals surface area contributed by atoms with Gasteiger partial charge in [0.2, 0.25) is 11.5 Å². The van der Waals surface area contributed by atoms with Gasteiger partial charge in [-0.15, -0.1) is 0 Å². The molecule has 0 saturated carbocycles. The number of hydrogen-bond donors (Lipinski definition) is 1. The number of nitro groups is 1. The molecule has 9 heteroatoms. The number of hydrogen-bond acceptors (Lipinski definition) is 4. The van der Waals surface area contributed by atoms with Crippen molar-refractivity contribution >= 4 is 17.3 Å². The van der Waals surface area contributed by atoms with Crippen LogP contribution in [-0.4, -0.2) is 14.3 Å². The SMILES string of the molecule is C[C@H](Nc1nc2ccccn2c1[N+](=O)[O-])c1cccc(C(F)(F)F)c1. The third-order valence-electron chi connectivity index (χ3n) is 3.74. The zero-order chi connectivity index (χ0) is 18.2. The van der Waals surface area contributed by atoms with Crippen molar-refractivity contribution in [2.24, 2.45) is 0 Å². The molecule has 3 aromatic rings. The van der Waals surface area contributed by atoms with Crippen LogP contribution in [0.3, 0.4) is 0 Å². The summed E-state index contributed by atoms with van der Waals surface area (Å²) in [7, 11) is 0. The average Bonchev–Trinajstić information content (AvgIpc) is 2.92. The number of aromatic nitrogens is 2. The Morgan fingerprint density at radius 3 is 2.68 bits per heavy atom. The van der Waals surface area contributed by atoms with Crippen LogP contribution in [0.25, 0.3) is 5.65 Å². The van der Waals surface area contributed by atoms with Crippen molar-refractivity contribution in [2.45, 2.75) is 19.1 Å². The van der Waals surface area contributed by atoms with Gasteiger partial charge in [-0.3, -0.25) is 0 Å². The zero-order valence-electron chi connectivity index (χ0n) is 13.0. The van der Waals surface area contributed by atoms with Crippen molar-refractivity contribution in [3.05, 3.63) is 69.9 Å². The second kappa shape index (κ2) is 6.08. The number of anilines is 1. The fourth-order valence-corrected chi connectivity index (χ4v) is 2.53. The van der Waals surface area contributed by atoms with Crippen LogP contribution in [0.4, 0.5) is 24.8 Å². The van der Waals surface area contributed by atoms with Crippen LogP contribution in [0.15, 0.2) is 48.7 Å². The lowest BCUT2D eigenvalue weighted by molar-refractivity contribution is -0.389. The minimum Gasteiger partial charge on any atom is -0.358 e. The van der Waals surface area contributed by atoms with E-state index in [1.165, 1.54) is 22.7 Å². The maximum Gasteiger partial charge on any atom is 0.416 e. The number of alkyl halides is 3. The minimum absolute atomic E-state index is 0.00103. The van der Waals surface area contributed by atoms with Gasteiger partial charge in [-0.05, 0) is 35.6 Å². The lowest BCUT2D eigenvalue weighted by atomic mass is 10.0. The van der Waals surface area contributed by atoms with E-state index < -0.39 is 22.7 Å². The first-order valence-corrected chi connectivity index (χ1v) is 7.32. The number of nitrogens with one attached hydrogen (secondary N) is 1. The number of nitrogens with zero attached hydrogens (tertiary/aromatic N) is 3. The molecule has 0 aliphatic heterocycles. The average molecular weight is 350 g/mol. The Labute approximate surface area is 140 Å². The molecule has 2 heterocycles. The van der Waals surface area contributed by atoms with Crippen LogP contribution < -0.4 is 5.32 Å². The summed E-state index contributed by atoms with van der Waals surface area (Å²) in [6.45, 7) is 1.61. The summed E-state index contributed by atoms with van der Waals surface area (Å²) >= 11 is 0. The van der Waals surface area contributed by atoms with E-state index in [4.69, 9.17) is 0 Å². The van der Waals surface area contributed by atoms with E-state index >= 15 is 0 Å². The van der Waals surface area contributed by atoms with Gasteiger partial charge < -0.3 is 15.4 Å². The molecular weight excluding hydrogens is 337 g/mol. The van der Waals surface area contributed by atoms with Crippen molar-refractivity contribution in [3.8, 4) is 0 Å². The lowest BCUT2D eigenvalue weighted by Crippen LogP contribution is -2.11. The largest absolute Gasteiger partial charge is 0.416 e. The number of fused-ring (bicyclic) bond motifs is 1. The van der Waals surface area contributed by atoms with Crippen LogP contribution in [0.2, 0.25) is 0 Å². The van der Waals surface area contributed by atoms with E-state index in [1.54, 1.807) is 25.1 Å². The molecule has 0 bridgehead atoms. The van der Waals surface area contributed by atoms with Gasteiger partial charge in [0, 0.05) is 6.07 Å². The molecule has 0 aliphatic carbocycles. The van der Waals surface area contributed by atoms with Crippen molar-refractivity contribution in [2.75, 3.05) is 5.32 Å². The molecule has 130 valence electrons. The van der Waals surface area contributed by atoms with Gasteiger partial charge in [-0.1, -0.05) is 18.2 Å². The molecule has 1 N–H and O–H groups in total. The molecule has 0 radical (unpaired) electrons. The molecule has 2 aromatic heterocycles. The highest BCUT2D eigenvalue weighted by Crippen LogP contribution is 2.32. The summed E-state index contributed by atoms with van der Waals surface area (Å²) in [5.74, 6) is -0.268. The van der Waals surface area contributed by atoms with Crippen LogP contribution >= 0.6 is 0 Å². The summed E-state index contributed by atoms with van der Waals surface area (Å²) < 4.78 is 39.8. The van der Waals surface area contributed by atoms with E-state index in [-0.39, 0.29) is 11.6 Å². The topological polar surface area (TPSA) is 72.5 Å². The highest BCUT2D eigenvalue weighted by Gasteiger charge is 2.31. The van der Waals surface area contributed by atoms with Gasteiger partial charge in [0.15, 0.2) is 0 Å². The van der Waals surface area contributed by atoms with Crippen molar-refractivity contribution in [1.82, 2.24) is 9.38 Å². The summed E-state index contributed by atoms with van der Waals surface area (Å²) in [4.78, 5) is 14.9. The Hall–Kier alpha value is -3.10. The van der Waals surface area contributed by atoms with Gasteiger partial charge in [-0.2, -0.15) is 22.6 Å². The third-order valence-corrected chi connectivity index (χ3v) is 3.74. The van der Waals surface area contributed by atoms with Crippen LogP contribution in [0, 0.1) is 10.1 Å². The Bertz CT molecular complexity index is 937. The summed E-state index contributed by atoms with van der Waals surface area (Å²) in [5, 5.41) is 14.2. The zero-order valence-corrected chi connectivity index (χ0v) is 13.0. The van der Waals surface area contributed by atoms with Gasteiger partial charge in [0.25, 0.3) is 0 Å². The molecule has 0 spiro atoms. The molecule has 0 aliphatic rings. The molecule has 0 fully saturated rings. The first-order chi connectivity index (χ1) is 11.8. The Balaban J connectivity index is 1.96. The molecule has 0 amide bonds. The van der Waals surface area contributed by atoms with Crippen LogP contribution in [-0.2, 0) is 6.18 Å². The first-order valence-electron chi connectivity index (χ1n) is 7.32. The Morgan fingerprint density at radius 2 is 2.00 bits per heavy atom. The lowest BCUT2D eigenvalue weighted by Gasteiger charge is -2.15. The van der Waals surface area contributed by atoms with Gasteiger partial charge in [0.1, 0.15) is 0 Å². The molecule has 1 aromatic carbocycles. The Morgan fingerprint density at radius 1 is 1.24 bits per heavy atom. The molecule has 1 atom stereocenters. The fraction of sp³-hybridized carbons (Fsp3) is 0.188. The molecule has 6 nitrogen and oxygen atoms in total. The van der Waals surface area contributed by atoms with Crippen LogP contribution in [0.5, 0.6) is 0 Å². The highest BCUT2D eigenvalue weighted by molar-refractivity contribution is 5.62. The molecule has 0 unspecified atom stereocenters. The predicted octanol–water partition coefficient (Wildman–Crippen LogP) is 4.43. The smallest absolute Gasteiger partial charge is 0.358 e. The van der Waals surface area contributed by atoms with Gasteiger partial charge in [-0.25, -0.2) is 0 Å². The van der Waals surface area contributed by atoms with E-state index in [1.807, 2.05) is 0 Å². The maximum atomic E-state index is 12.8. The predicted molar refractivity (Wildman–Crippen MR) is 85.3 cm³/mol. The summed E-state index contributed by atoms with van der Waals surface area (Å²) in [5.41, 5.74) is -0.0581. The van der Waals surface area contributed by atoms with E-state index in [2.05, 4.69) is 10.3 Å². The number of benzene rings is 1. The summed E-state index contributed by atoms with van der Waals surface area (Å²) in [6.07, 6.45) is -2.95. The minimum atomic E-state index is -4.45. The number of imidazole rings is 1. The molecule has 0 saturated heterocycles. The summed E-state index contributed by atoms with van der Waals surface area (Å²) in [6, 6.07) is 9.12. The van der Waals surface area contributed by atoms with Crippen molar-refractivity contribution in [3.63, 3.8) is 0 Å². The monoisotopic (exact) mass is 350 g/mol. The number of rotatable bonds is 4. The Kier molecular flexibility index (Phi) is 4.07. The first kappa shape index (κ1) is 16.7. The molecule has 3 rings (SSSR count). The molecular formula is C16H13F3N4O2. The van der Waals surface area contributed by atoms with Crippen molar-refractivity contribution in [1.29, 1.82) is 0 Å². The normalized spacial score (nSPS) is 13.0. The third kappa shape index (κ3) is 3.25. The second-order valence-corrected chi connectivity index (χ2v) is 5.46. The fourth-order valence-electron chi connectivity index (χ4n) is 2.53. The van der Waals surface area contributed by atoms with E-state index in [0.29, 0.717) is 11.2 Å². The number of halogens is 3. The standard InChI is InChI=1S/C16H13F3N4O2/c1-10(11-5-4-6-12(9-11)16(17,18)19)20-14-15(23(24)25)22-8-3-2-7-13(22)21-14/h2-10,20H,1H3/t10-/m0/s1. The molecule has 25 heavy (non-hydrogen) atoms. The van der Waals surface area contributed by atoms with Crippen LogP contribution in [0.1, 0.15) is 24.1 Å². The number of pyridine rings is 1. The highest BCUT2D eigenvalue weighted by atomic mass is 19.4. The quantitative estimate of drug-likeness (QED) is 0.558. The van der Waals surface area contributed by atoms with E-state index in [9.17, 15) is 23.3 Å². The van der Waals surface area contributed by atoms with Crippen molar-refractivity contribution < 1.29 is 18.1 Å². The second-order valence-electron chi connectivity index (χ2n) is 5.46. The van der Waals surface area contributed by atoms with E-state index in [0.717, 1.165) is 12.1 Å².